The van der Waals surface area contributed by atoms with Crippen LogP contribution in [0.3, 0.4) is 0 Å². The van der Waals surface area contributed by atoms with Crippen LogP contribution in [-0.4, -0.2) is 29.0 Å². The average molecular weight is 335 g/mol. The smallest absolute Gasteiger partial charge is 0.229 e. The van der Waals surface area contributed by atoms with Crippen molar-refractivity contribution in [2.45, 2.75) is 12.8 Å². The highest BCUT2D eigenvalue weighted by Crippen LogP contribution is 2.23. The summed E-state index contributed by atoms with van der Waals surface area (Å²) in [6.07, 6.45) is 5.06. The first-order chi connectivity index (χ1) is 11.1. The largest absolute Gasteiger partial charge is 0.340 e. The van der Waals surface area contributed by atoms with E-state index in [2.05, 4.69) is 15.3 Å². The minimum atomic E-state index is -0.505. The van der Waals surface area contributed by atoms with E-state index in [9.17, 15) is 9.18 Å². The number of nitrogens with one attached hydrogen (secondary N) is 1. The molecule has 0 spiro atoms. The summed E-state index contributed by atoms with van der Waals surface area (Å²) in [6.45, 7) is 1.39. The number of aromatic nitrogens is 2. The standard InChI is InChI=1S/C16H16ClFN4O/c17-13-9-12(4-5-14(13)18)21-15(23)11-3-1-8-22(10-11)16-19-6-2-7-20-16/h2,4-7,9,11H,1,3,8,10H2,(H,21,23)/t11-/m1/s1. The molecule has 7 heteroatoms. The zero-order chi connectivity index (χ0) is 16.2. The Balaban J connectivity index is 1.66. The van der Waals surface area contributed by atoms with Crippen molar-refractivity contribution < 1.29 is 9.18 Å². The Bertz CT molecular complexity index is 698. The van der Waals surface area contributed by atoms with Crippen LogP contribution in [0.15, 0.2) is 36.7 Å². The van der Waals surface area contributed by atoms with E-state index in [0.29, 0.717) is 18.2 Å². The van der Waals surface area contributed by atoms with Gasteiger partial charge in [-0.25, -0.2) is 14.4 Å². The van der Waals surface area contributed by atoms with E-state index in [1.807, 2.05) is 4.90 Å². The van der Waals surface area contributed by atoms with Crippen LogP contribution in [0.4, 0.5) is 16.0 Å². The number of hydrogen-bond acceptors (Lipinski definition) is 4. The van der Waals surface area contributed by atoms with Crippen LogP contribution in [-0.2, 0) is 4.79 Å². The second kappa shape index (κ2) is 6.91. The topological polar surface area (TPSA) is 58.1 Å². The van der Waals surface area contributed by atoms with Crippen molar-refractivity contribution >= 4 is 29.1 Å². The third-order valence-corrected chi connectivity index (χ3v) is 4.10. The lowest BCUT2D eigenvalue weighted by Crippen LogP contribution is -2.41. The maximum atomic E-state index is 13.2. The van der Waals surface area contributed by atoms with Crippen molar-refractivity contribution in [3.63, 3.8) is 0 Å². The van der Waals surface area contributed by atoms with Crippen molar-refractivity contribution in [1.82, 2.24) is 9.97 Å². The summed E-state index contributed by atoms with van der Waals surface area (Å²) in [7, 11) is 0. The minimum Gasteiger partial charge on any atom is -0.340 e. The lowest BCUT2D eigenvalue weighted by Gasteiger charge is -2.31. The van der Waals surface area contributed by atoms with E-state index in [-0.39, 0.29) is 16.8 Å². The van der Waals surface area contributed by atoms with E-state index in [1.165, 1.54) is 18.2 Å². The zero-order valence-corrected chi connectivity index (χ0v) is 13.1. The highest BCUT2D eigenvalue weighted by atomic mass is 35.5. The summed E-state index contributed by atoms with van der Waals surface area (Å²) in [4.78, 5) is 22.9. The Morgan fingerprint density at radius 3 is 2.87 bits per heavy atom. The van der Waals surface area contributed by atoms with Gasteiger partial charge in [-0.15, -0.1) is 0 Å². The van der Waals surface area contributed by atoms with Crippen LogP contribution in [0.25, 0.3) is 0 Å². The van der Waals surface area contributed by atoms with E-state index < -0.39 is 5.82 Å². The van der Waals surface area contributed by atoms with E-state index in [4.69, 9.17) is 11.6 Å². The van der Waals surface area contributed by atoms with E-state index >= 15 is 0 Å². The molecule has 0 aliphatic carbocycles. The number of carbonyl (C=O) groups is 1. The number of halogens is 2. The lowest BCUT2D eigenvalue weighted by atomic mass is 9.97. The molecule has 1 aliphatic rings. The first kappa shape index (κ1) is 15.7. The van der Waals surface area contributed by atoms with Crippen molar-refractivity contribution in [2.24, 2.45) is 5.92 Å². The van der Waals surface area contributed by atoms with Gasteiger partial charge in [-0.05, 0) is 37.1 Å². The summed E-state index contributed by atoms with van der Waals surface area (Å²) in [6, 6.07) is 5.91. The van der Waals surface area contributed by atoms with Gasteiger partial charge >= 0.3 is 0 Å². The summed E-state index contributed by atoms with van der Waals surface area (Å²) >= 11 is 5.74. The SMILES string of the molecule is O=C(Nc1ccc(F)c(Cl)c1)[C@@H]1CCCN(c2ncccn2)C1. The summed E-state index contributed by atoms with van der Waals surface area (Å²) < 4.78 is 13.2. The molecule has 23 heavy (non-hydrogen) atoms. The van der Waals surface area contributed by atoms with Gasteiger partial charge in [-0.3, -0.25) is 4.79 Å². The molecule has 2 heterocycles. The van der Waals surface area contributed by atoms with Gasteiger partial charge in [0.2, 0.25) is 11.9 Å². The first-order valence-corrected chi connectivity index (χ1v) is 7.79. The van der Waals surface area contributed by atoms with Crippen LogP contribution < -0.4 is 10.2 Å². The second-order valence-corrected chi connectivity index (χ2v) is 5.86. The molecule has 0 saturated carbocycles. The molecule has 0 unspecified atom stereocenters. The summed E-state index contributed by atoms with van der Waals surface area (Å²) in [5.74, 6) is -0.144. The van der Waals surface area contributed by atoms with Crippen LogP contribution >= 0.6 is 11.6 Å². The van der Waals surface area contributed by atoms with Crippen LogP contribution in [0.1, 0.15) is 12.8 Å². The summed E-state index contributed by atoms with van der Waals surface area (Å²) in [5, 5.41) is 2.79. The van der Waals surface area contributed by atoms with E-state index in [1.54, 1.807) is 18.5 Å². The maximum Gasteiger partial charge on any atom is 0.229 e. The molecule has 0 bridgehead atoms. The molecule has 120 valence electrons. The molecule has 1 saturated heterocycles. The number of anilines is 2. The Kier molecular flexibility index (Phi) is 4.71. The Labute approximate surface area is 138 Å². The predicted molar refractivity (Wildman–Crippen MR) is 87.0 cm³/mol. The van der Waals surface area contributed by atoms with Gasteiger partial charge in [0.25, 0.3) is 0 Å². The molecule has 0 radical (unpaired) electrons. The third kappa shape index (κ3) is 3.76. The maximum absolute atomic E-state index is 13.2. The zero-order valence-electron chi connectivity index (χ0n) is 12.4. The number of amides is 1. The molecule has 1 aromatic carbocycles. The number of benzene rings is 1. The fourth-order valence-electron chi connectivity index (χ4n) is 2.65. The molecule has 1 aromatic heterocycles. The van der Waals surface area contributed by atoms with Gasteiger partial charge in [0, 0.05) is 31.2 Å². The van der Waals surface area contributed by atoms with E-state index in [0.717, 1.165) is 19.4 Å². The Hall–Kier alpha value is -2.21. The molecule has 1 N–H and O–H groups in total. The molecule has 2 aromatic rings. The monoisotopic (exact) mass is 334 g/mol. The number of hydrogen-bond donors (Lipinski definition) is 1. The third-order valence-electron chi connectivity index (χ3n) is 3.81. The molecular weight excluding hydrogens is 319 g/mol. The van der Waals surface area contributed by atoms with Gasteiger partial charge in [-0.2, -0.15) is 0 Å². The van der Waals surface area contributed by atoms with Gasteiger partial charge < -0.3 is 10.2 Å². The van der Waals surface area contributed by atoms with Gasteiger partial charge in [-0.1, -0.05) is 11.6 Å². The molecule has 1 atom stereocenters. The predicted octanol–water partition coefficient (Wildman–Crippen LogP) is 3.12. The molecule has 1 amide bonds. The molecule has 3 rings (SSSR count). The lowest BCUT2D eigenvalue weighted by molar-refractivity contribution is -0.120. The number of carbonyl (C=O) groups excluding carboxylic acids is 1. The highest BCUT2D eigenvalue weighted by molar-refractivity contribution is 6.31. The Morgan fingerprint density at radius 2 is 2.13 bits per heavy atom. The van der Waals surface area contributed by atoms with Crippen LogP contribution in [0, 0.1) is 11.7 Å². The second-order valence-electron chi connectivity index (χ2n) is 5.45. The fraction of sp³-hybridized carbons (Fsp3) is 0.312. The number of rotatable bonds is 3. The first-order valence-electron chi connectivity index (χ1n) is 7.41. The molecular formula is C16H16ClFN4O. The fourth-order valence-corrected chi connectivity index (χ4v) is 2.83. The van der Waals surface area contributed by atoms with Gasteiger partial charge in [0.15, 0.2) is 0 Å². The van der Waals surface area contributed by atoms with Crippen molar-refractivity contribution in [1.29, 1.82) is 0 Å². The van der Waals surface area contributed by atoms with Gasteiger partial charge in [0.05, 0.1) is 10.9 Å². The molecule has 5 nitrogen and oxygen atoms in total. The summed E-state index contributed by atoms with van der Waals surface area (Å²) in [5.41, 5.74) is 0.495. The number of nitrogens with zero attached hydrogens (tertiary/aromatic N) is 3. The quantitative estimate of drug-likeness (QED) is 0.937. The Morgan fingerprint density at radius 1 is 1.35 bits per heavy atom. The normalized spacial score (nSPS) is 17.8. The highest BCUT2D eigenvalue weighted by Gasteiger charge is 2.27. The molecule has 1 fully saturated rings. The van der Waals surface area contributed by atoms with Crippen molar-refractivity contribution in [2.75, 3.05) is 23.3 Å². The van der Waals surface area contributed by atoms with Crippen molar-refractivity contribution in [3.8, 4) is 0 Å². The van der Waals surface area contributed by atoms with Crippen LogP contribution in [0.2, 0.25) is 5.02 Å². The molecule has 1 aliphatic heterocycles. The average Bonchev–Trinajstić information content (AvgIpc) is 2.59. The van der Waals surface area contributed by atoms with Gasteiger partial charge in [0.1, 0.15) is 5.82 Å². The van der Waals surface area contributed by atoms with Crippen molar-refractivity contribution in [3.05, 3.63) is 47.5 Å². The number of piperidine rings is 1. The minimum absolute atomic E-state index is 0.00856. The van der Waals surface area contributed by atoms with Crippen LogP contribution in [0.5, 0.6) is 0 Å².